The van der Waals surface area contributed by atoms with Crippen molar-refractivity contribution in [3.63, 3.8) is 0 Å². The van der Waals surface area contributed by atoms with Gasteiger partial charge in [0.1, 0.15) is 0 Å². The van der Waals surface area contributed by atoms with Crippen LogP contribution in [0.15, 0.2) is 64.6 Å². The third kappa shape index (κ3) is 5.32. The van der Waals surface area contributed by atoms with E-state index in [1.54, 1.807) is 18.2 Å². The second-order valence-corrected chi connectivity index (χ2v) is 6.61. The van der Waals surface area contributed by atoms with Crippen molar-refractivity contribution in [3.8, 4) is 0 Å². The van der Waals surface area contributed by atoms with E-state index in [-0.39, 0.29) is 11.4 Å². The van der Waals surface area contributed by atoms with Crippen molar-refractivity contribution in [3.05, 3.63) is 65.7 Å². The molecule has 0 spiro atoms. The van der Waals surface area contributed by atoms with Gasteiger partial charge >= 0.3 is 0 Å². The van der Waals surface area contributed by atoms with Crippen LogP contribution in [0.3, 0.4) is 0 Å². The first-order chi connectivity index (χ1) is 11.0. The van der Waals surface area contributed by atoms with Crippen LogP contribution in [0.2, 0.25) is 0 Å². The standard InChI is InChI=1S/C16H17N3O3S/c1-13-7-9-14(10-8-13)11-17-19-16(20)12-18-23(21,22)15-5-3-2-4-6-15/h2-11,18H,12H2,1H3,(H,19,20)/b17-11+. The molecule has 0 unspecified atom stereocenters. The molecule has 120 valence electrons. The van der Waals surface area contributed by atoms with Crippen molar-refractivity contribution in [1.29, 1.82) is 0 Å². The smallest absolute Gasteiger partial charge is 0.255 e. The molecule has 23 heavy (non-hydrogen) atoms. The number of benzene rings is 2. The first kappa shape index (κ1) is 16.9. The highest BCUT2D eigenvalue weighted by Gasteiger charge is 2.14. The van der Waals surface area contributed by atoms with E-state index < -0.39 is 15.9 Å². The zero-order chi connectivity index (χ0) is 16.7. The van der Waals surface area contributed by atoms with Gasteiger partial charge in [-0.3, -0.25) is 4.79 Å². The maximum Gasteiger partial charge on any atom is 0.255 e. The minimum Gasteiger partial charge on any atom is -0.272 e. The predicted octanol–water partition coefficient (Wildman–Crippen LogP) is 1.42. The monoisotopic (exact) mass is 331 g/mol. The molecule has 0 aliphatic carbocycles. The predicted molar refractivity (Wildman–Crippen MR) is 88.5 cm³/mol. The van der Waals surface area contributed by atoms with E-state index in [9.17, 15) is 13.2 Å². The zero-order valence-electron chi connectivity index (χ0n) is 12.6. The topological polar surface area (TPSA) is 87.6 Å². The minimum absolute atomic E-state index is 0.107. The first-order valence-corrected chi connectivity index (χ1v) is 8.39. The molecule has 0 aliphatic rings. The molecule has 0 saturated heterocycles. The van der Waals surface area contributed by atoms with E-state index in [4.69, 9.17) is 0 Å². The molecule has 2 rings (SSSR count). The molecule has 6 nitrogen and oxygen atoms in total. The Bertz CT molecular complexity index is 785. The van der Waals surface area contributed by atoms with Crippen LogP contribution >= 0.6 is 0 Å². The number of nitrogens with zero attached hydrogens (tertiary/aromatic N) is 1. The van der Waals surface area contributed by atoms with Gasteiger partial charge in [-0.1, -0.05) is 48.0 Å². The van der Waals surface area contributed by atoms with Gasteiger partial charge in [-0.15, -0.1) is 0 Å². The summed E-state index contributed by atoms with van der Waals surface area (Å²) in [6.45, 7) is 1.59. The molecule has 0 heterocycles. The molecule has 0 atom stereocenters. The number of nitrogens with one attached hydrogen (secondary N) is 2. The van der Waals surface area contributed by atoms with Crippen LogP contribution in [-0.4, -0.2) is 27.1 Å². The highest BCUT2D eigenvalue weighted by atomic mass is 32.2. The Morgan fingerprint density at radius 2 is 1.74 bits per heavy atom. The molecule has 2 aromatic carbocycles. The van der Waals surface area contributed by atoms with E-state index in [0.717, 1.165) is 11.1 Å². The number of rotatable bonds is 6. The fourth-order valence-corrected chi connectivity index (χ4v) is 2.72. The molecular formula is C16H17N3O3S. The lowest BCUT2D eigenvalue weighted by atomic mass is 10.2. The summed E-state index contributed by atoms with van der Waals surface area (Å²) in [5.74, 6) is -0.548. The molecule has 0 fully saturated rings. The highest BCUT2D eigenvalue weighted by Crippen LogP contribution is 2.06. The van der Waals surface area contributed by atoms with Crippen LogP contribution in [0.5, 0.6) is 0 Å². The maximum atomic E-state index is 11.9. The van der Waals surface area contributed by atoms with Gasteiger partial charge in [-0.25, -0.2) is 18.6 Å². The molecular weight excluding hydrogens is 314 g/mol. The van der Waals surface area contributed by atoms with Gasteiger partial charge < -0.3 is 0 Å². The van der Waals surface area contributed by atoms with Crippen LogP contribution in [0, 0.1) is 6.92 Å². The van der Waals surface area contributed by atoms with Gasteiger partial charge in [0.15, 0.2) is 0 Å². The quantitative estimate of drug-likeness (QED) is 0.620. The van der Waals surface area contributed by atoms with E-state index in [0.29, 0.717) is 0 Å². The van der Waals surface area contributed by atoms with Crippen LogP contribution in [0.4, 0.5) is 0 Å². The minimum atomic E-state index is -3.70. The number of aryl methyl sites for hydroxylation is 1. The van der Waals surface area contributed by atoms with Crippen molar-refractivity contribution in [2.75, 3.05) is 6.54 Å². The number of sulfonamides is 1. The summed E-state index contributed by atoms with van der Waals surface area (Å²) in [5, 5.41) is 3.79. The molecule has 1 amide bonds. The number of hydrazone groups is 1. The van der Waals surface area contributed by atoms with Gasteiger partial charge in [0.2, 0.25) is 10.0 Å². The average molecular weight is 331 g/mol. The van der Waals surface area contributed by atoms with Crippen molar-refractivity contribution >= 4 is 22.1 Å². The summed E-state index contributed by atoms with van der Waals surface area (Å²) in [6.07, 6.45) is 1.49. The summed E-state index contributed by atoms with van der Waals surface area (Å²) >= 11 is 0. The van der Waals surface area contributed by atoms with Crippen molar-refractivity contribution in [2.24, 2.45) is 5.10 Å². The third-order valence-corrected chi connectivity index (χ3v) is 4.37. The van der Waals surface area contributed by atoms with Crippen LogP contribution in [-0.2, 0) is 14.8 Å². The van der Waals surface area contributed by atoms with Crippen LogP contribution in [0.25, 0.3) is 0 Å². The van der Waals surface area contributed by atoms with E-state index >= 15 is 0 Å². The molecule has 0 aliphatic heterocycles. The highest BCUT2D eigenvalue weighted by molar-refractivity contribution is 7.89. The number of carbonyl (C=O) groups excluding carboxylic acids is 1. The Labute approximate surface area is 135 Å². The molecule has 2 N–H and O–H groups in total. The molecule has 0 radical (unpaired) electrons. The van der Waals surface area contributed by atoms with Crippen molar-refractivity contribution < 1.29 is 13.2 Å². The Balaban J connectivity index is 1.84. The summed E-state index contributed by atoms with van der Waals surface area (Å²) in [5.41, 5.74) is 4.23. The van der Waals surface area contributed by atoms with Crippen molar-refractivity contribution in [2.45, 2.75) is 11.8 Å². The lowest BCUT2D eigenvalue weighted by molar-refractivity contribution is -0.119. The number of amides is 1. The van der Waals surface area contributed by atoms with Gasteiger partial charge in [0.25, 0.3) is 5.91 Å². The molecule has 7 heteroatoms. The number of hydrogen-bond acceptors (Lipinski definition) is 4. The van der Waals surface area contributed by atoms with Crippen LogP contribution < -0.4 is 10.1 Å². The summed E-state index contributed by atoms with van der Waals surface area (Å²) in [6, 6.07) is 15.4. The molecule has 0 saturated carbocycles. The second-order valence-electron chi connectivity index (χ2n) is 4.84. The average Bonchev–Trinajstić information content (AvgIpc) is 2.56. The summed E-state index contributed by atoms with van der Waals surface area (Å²) < 4.78 is 26.1. The maximum absolute atomic E-state index is 11.9. The third-order valence-electron chi connectivity index (χ3n) is 2.96. The molecule has 0 bridgehead atoms. The van der Waals surface area contributed by atoms with Gasteiger partial charge in [-0.05, 0) is 24.6 Å². The van der Waals surface area contributed by atoms with E-state index in [2.05, 4.69) is 15.2 Å². The summed E-state index contributed by atoms with van der Waals surface area (Å²) in [4.78, 5) is 11.7. The zero-order valence-corrected chi connectivity index (χ0v) is 13.4. The number of carbonyl (C=O) groups is 1. The van der Waals surface area contributed by atoms with E-state index in [1.807, 2.05) is 31.2 Å². The largest absolute Gasteiger partial charge is 0.272 e. The van der Waals surface area contributed by atoms with Crippen LogP contribution in [0.1, 0.15) is 11.1 Å². The summed E-state index contributed by atoms with van der Waals surface area (Å²) in [7, 11) is -3.70. The normalized spacial score (nSPS) is 11.5. The lowest BCUT2D eigenvalue weighted by Crippen LogP contribution is -2.34. The Hall–Kier alpha value is -2.51. The molecule has 0 aromatic heterocycles. The van der Waals surface area contributed by atoms with Gasteiger partial charge in [0.05, 0.1) is 17.7 Å². The van der Waals surface area contributed by atoms with Gasteiger partial charge in [0, 0.05) is 0 Å². The molecule has 2 aromatic rings. The SMILES string of the molecule is Cc1ccc(/C=N/NC(=O)CNS(=O)(=O)c2ccccc2)cc1. The first-order valence-electron chi connectivity index (χ1n) is 6.91. The number of hydrogen-bond donors (Lipinski definition) is 2. The lowest BCUT2D eigenvalue weighted by Gasteiger charge is -2.05. The fraction of sp³-hybridized carbons (Fsp3) is 0.125. The Kier molecular flexibility index (Phi) is 5.61. The fourth-order valence-electron chi connectivity index (χ4n) is 1.71. The second kappa shape index (κ2) is 7.66. The van der Waals surface area contributed by atoms with Crippen molar-refractivity contribution in [1.82, 2.24) is 10.1 Å². The van der Waals surface area contributed by atoms with Gasteiger partial charge in [-0.2, -0.15) is 5.10 Å². The Morgan fingerprint density at radius 3 is 2.39 bits per heavy atom. The van der Waals surface area contributed by atoms with E-state index in [1.165, 1.54) is 18.3 Å². The Morgan fingerprint density at radius 1 is 1.09 bits per heavy atom.